The second-order valence-corrected chi connectivity index (χ2v) is 6.84. The summed E-state index contributed by atoms with van der Waals surface area (Å²) in [5.74, 6) is -0.665. The first kappa shape index (κ1) is 19.4. The van der Waals surface area contributed by atoms with E-state index in [0.29, 0.717) is 16.3 Å². The Morgan fingerprint density at radius 1 is 1.11 bits per heavy atom. The molecule has 7 nitrogen and oxygen atoms in total. The minimum absolute atomic E-state index is 0.215. The lowest BCUT2D eigenvalue weighted by Crippen LogP contribution is -2.30. The van der Waals surface area contributed by atoms with Crippen molar-refractivity contribution in [1.82, 2.24) is 5.32 Å². The molecule has 1 atom stereocenters. The Kier molecular flexibility index (Phi) is 6.23. The van der Waals surface area contributed by atoms with Crippen LogP contribution in [0.1, 0.15) is 38.8 Å². The fourth-order valence-electron chi connectivity index (χ4n) is 2.40. The van der Waals surface area contributed by atoms with Gasteiger partial charge in [0.15, 0.2) is 6.61 Å². The monoisotopic (exact) mass is 398 g/mol. The maximum Gasteiger partial charge on any atom is 0.338 e. The van der Waals surface area contributed by atoms with Crippen molar-refractivity contribution in [2.24, 2.45) is 0 Å². The molecule has 144 valence electrons. The van der Waals surface area contributed by atoms with Crippen molar-refractivity contribution in [3.05, 3.63) is 76.4 Å². The van der Waals surface area contributed by atoms with Crippen molar-refractivity contribution in [2.45, 2.75) is 13.0 Å². The molecule has 3 rings (SSSR count). The quantitative estimate of drug-likeness (QED) is 0.592. The smallest absolute Gasteiger partial charge is 0.338 e. The van der Waals surface area contributed by atoms with Crippen LogP contribution in [-0.2, 0) is 9.53 Å². The third-order valence-corrected chi connectivity index (χ3v) is 4.67. The summed E-state index contributed by atoms with van der Waals surface area (Å²) in [6, 6.07) is 12.9. The summed E-state index contributed by atoms with van der Waals surface area (Å²) in [4.78, 5) is 36.6. The molecular formula is C20H18N2O5S. The molecule has 0 aliphatic heterocycles. The molecule has 2 aromatic heterocycles. The number of amides is 2. The number of carbonyl (C=O) groups is 3. The third-order valence-electron chi connectivity index (χ3n) is 3.81. The molecule has 0 radical (unpaired) electrons. The number of furan rings is 1. The van der Waals surface area contributed by atoms with Gasteiger partial charge in [-0.3, -0.25) is 9.59 Å². The number of anilines is 1. The van der Waals surface area contributed by atoms with Crippen LogP contribution in [0.2, 0.25) is 0 Å². The highest BCUT2D eigenvalue weighted by Crippen LogP contribution is 2.15. The molecule has 2 amide bonds. The molecule has 0 bridgehead atoms. The van der Waals surface area contributed by atoms with Gasteiger partial charge in [-0.15, -0.1) is 11.3 Å². The highest BCUT2D eigenvalue weighted by atomic mass is 32.1. The lowest BCUT2D eigenvalue weighted by Gasteiger charge is -2.11. The molecule has 0 spiro atoms. The highest BCUT2D eigenvalue weighted by molar-refractivity contribution is 7.12. The van der Waals surface area contributed by atoms with Crippen LogP contribution in [0.5, 0.6) is 0 Å². The van der Waals surface area contributed by atoms with Crippen LogP contribution < -0.4 is 10.6 Å². The van der Waals surface area contributed by atoms with Crippen molar-refractivity contribution in [3.63, 3.8) is 0 Å². The largest absolute Gasteiger partial charge is 0.467 e. The molecule has 0 saturated heterocycles. The fourth-order valence-corrected chi connectivity index (χ4v) is 3.02. The molecule has 0 saturated carbocycles. The van der Waals surface area contributed by atoms with Gasteiger partial charge >= 0.3 is 5.97 Å². The van der Waals surface area contributed by atoms with Crippen molar-refractivity contribution in [1.29, 1.82) is 0 Å². The minimum atomic E-state index is -0.628. The van der Waals surface area contributed by atoms with Gasteiger partial charge in [-0.2, -0.15) is 0 Å². The van der Waals surface area contributed by atoms with Gasteiger partial charge in [0, 0.05) is 5.69 Å². The Bertz CT molecular complexity index is 934. The molecule has 8 heteroatoms. The lowest BCUT2D eigenvalue weighted by atomic mass is 10.2. The standard InChI is InChI=1S/C20H18N2O5S/c1-13(16-4-2-10-26-16)21-18(23)12-27-20(25)14-6-8-15(9-7-14)22-19(24)17-5-3-11-28-17/h2-11,13H,12H2,1H3,(H,21,23)(H,22,24)/t13-/m1/s1. The van der Waals surface area contributed by atoms with Crippen LogP contribution in [0.15, 0.2) is 64.6 Å². The topological polar surface area (TPSA) is 97.6 Å². The van der Waals surface area contributed by atoms with Crippen LogP contribution in [0.4, 0.5) is 5.69 Å². The van der Waals surface area contributed by atoms with Gasteiger partial charge in [-0.05, 0) is 54.8 Å². The zero-order chi connectivity index (χ0) is 19.9. The molecule has 1 aromatic carbocycles. The first-order chi connectivity index (χ1) is 13.5. The van der Waals surface area contributed by atoms with E-state index in [4.69, 9.17) is 9.15 Å². The zero-order valence-corrected chi connectivity index (χ0v) is 15.8. The Labute approximate surface area is 165 Å². The number of esters is 1. The van der Waals surface area contributed by atoms with E-state index in [9.17, 15) is 14.4 Å². The first-order valence-corrected chi connectivity index (χ1v) is 9.35. The molecule has 0 aliphatic carbocycles. The van der Waals surface area contributed by atoms with Gasteiger partial charge in [0.2, 0.25) is 0 Å². The SMILES string of the molecule is C[C@@H](NC(=O)COC(=O)c1ccc(NC(=O)c2cccs2)cc1)c1ccco1. The molecule has 2 N–H and O–H groups in total. The Balaban J connectivity index is 1.47. The second-order valence-electron chi connectivity index (χ2n) is 5.89. The maximum absolute atomic E-state index is 12.1. The summed E-state index contributed by atoms with van der Waals surface area (Å²) in [7, 11) is 0. The van der Waals surface area contributed by atoms with Crippen LogP contribution in [0, 0.1) is 0 Å². The summed E-state index contributed by atoms with van der Waals surface area (Å²) in [6.07, 6.45) is 1.52. The summed E-state index contributed by atoms with van der Waals surface area (Å²) < 4.78 is 10.2. The van der Waals surface area contributed by atoms with Gasteiger partial charge < -0.3 is 19.8 Å². The predicted octanol–water partition coefficient (Wildman–Crippen LogP) is 3.63. The first-order valence-electron chi connectivity index (χ1n) is 8.48. The molecule has 28 heavy (non-hydrogen) atoms. The van der Waals surface area contributed by atoms with Gasteiger partial charge in [0.1, 0.15) is 5.76 Å². The van der Waals surface area contributed by atoms with Crippen LogP contribution in [0.25, 0.3) is 0 Å². The number of carbonyl (C=O) groups excluding carboxylic acids is 3. The van der Waals surface area contributed by atoms with Crippen molar-refractivity contribution >= 4 is 34.8 Å². The number of hydrogen-bond donors (Lipinski definition) is 2. The average Bonchev–Trinajstić information content (AvgIpc) is 3.40. The van der Waals surface area contributed by atoms with Gasteiger partial charge in [0.05, 0.1) is 22.7 Å². The van der Waals surface area contributed by atoms with Crippen molar-refractivity contribution in [3.8, 4) is 0 Å². The summed E-state index contributed by atoms with van der Waals surface area (Å²) >= 11 is 1.34. The van der Waals surface area contributed by atoms with Gasteiger partial charge in [0.25, 0.3) is 11.8 Å². The maximum atomic E-state index is 12.1. The number of thiophene rings is 1. The summed E-state index contributed by atoms with van der Waals surface area (Å²) in [5.41, 5.74) is 0.834. The molecule has 3 aromatic rings. The number of hydrogen-bond acceptors (Lipinski definition) is 6. The van der Waals surface area contributed by atoms with Crippen LogP contribution in [-0.4, -0.2) is 24.4 Å². The van der Waals surface area contributed by atoms with Crippen LogP contribution >= 0.6 is 11.3 Å². The number of nitrogens with one attached hydrogen (secondary N) is 2. The zero-order valence-electron chi connectivity index (χ0n) is 15.0. The summed E-state index contributed by atoms with van der Waals surface area (Å²) in [5, 5.41) is 7.24. The Morgan fingerprint density at radius 2 is 1.89 bits per heavy atom. The lowest BCUT2D eigenvalue weighted by molar-refractivity contribution is -0.125. The Hall–Kier alpha value is -3.39. The Morgan fingerprint density at radius 3 is 2.54 bits per heavy atom. The van der Waals surface area contributed by atoms with Gasteiger partial charge in [-0.1, -0.05) is 6.07 Å². The van der Waals surface area contributed by atoms with E-state index in [0.717, 1.165) is 0 Å². The van der Waals surface area contributed by atoms with E-state index in [1.807, 2.05) is 5.38 Å². The van der Waals surface area contributed by atoms with E-state index in [2.05, 4.69) is 10.6 Å². The van der Waals surface area contributed by atoms with E-state index < -0.39 is 18.5 Å². The second kappa shape index (κ2) is 9.01. The number of benzene rings is 1. The van der Waals surface area contributed by atoms with E-state index in [1.54, 1.807) is 43.3 Å². The molecule has 2 heterocycles. The average molecular weight is 398 g/mol. The number of rotatable bonds is 7. The van der Waals surface area contributed by atoms with E-state index in [-0.39, 0.29) is 17.5 Å². The number of ether oxygens (including phenoxy) is 1. The van der Waals surface area contributed by atoms with Gasteiger partial charge in [-0.25, -0.2) is 4.79 Å². The van der Waals surface area contributed by atoms with E-state index in [1.165, 1.54) is 29.7 Å². The molecule has 0 unspecified atom stereocenters. The minimum Gasteiger partial charge on any atom is -0.467 e. The van der Waals surface area contributed by atoms with Crippen LogP contribution in [0.3, 0.4) is 0 Å². The summed E-state index contributed by atoms with van der Waals surface area (Å²) in [6.45, 7) is 1.36. The third kappa shape index (κ3) is 5.08. The van der Waals surface area contributed by atoms with Crippen molar-refractivity contribution in [2.75, 3.05) is 11.9 Å². The fraction of sp³-hybridized carbons (Fsp3) is 0.150. The highest BCUT2D eigenvalue weighted by Gasteiger charge is 2.15. The predicted molar refractivity (Wildman–Crippen MR) is 104 cm³/mol. The molecule has 0 fully saturated rings. The van der Waals surface area contributed by atoms with E-state index >= 15 is 0 Å². The molecular weight excluding hydrogens is 380 g/mol. The molecule has 0 aliphatic rings. The van der Waals surface area contributed by atoms with Crippen molar-refractivity contribution < 1.29 is 23.5 Å². The normalized spacial score (nSPS) is 11.5.